The highest BCUT2D eigenvalue weighted by Gasteiger charge is 2.26. The first kappa shape index (κ1) is 14.2. The zero-order chi connectivity index (χ0) is 14.8. The van der Waals surface area contributed by atoms with Gasteiger partial charge in [-0.1, -0.05) is 43.3 Å². The largest absolute Gasteiger partial charge is 0.338 e. The Morgan fingerprint density at radius 1 is 1.10 bits per heavy atom. The second-order valence-electron chi connectivity index (χ2n) is 5.96. The molecular weight excluding hydrogens is 256 g/mol. The number of anilines is 2. The average molecular weight is 280 g/mol. The third-order valence-electron chi connectivity index (χ3n) is 4.56. The van der Waals surface area contributed by atoms with Crippen LogP contribution in [0.3, 0.4) is 0 Å². The smallest absolute Gasteiger partial charge is 0.0461 e. The van der Waals surface area contributed by atoms with Gasteiger partial charge in [-0.2, -0.15) is 0 Å². The van der Waals surface area contributed by atoms with Crippen molar-refractivity contribution < 1.29 is 0 Å². The van der Waals surface area contributed by atoms with Crippen LogP contribution in [0, 0.1) is 0 Å². The molecule has 3 rings (SSSR count). The number of aryl methyl sites for hydroxylation is 1. The van der Waals surface area contributed by atoms with Gasteiger partial charge in [0, 0.05) is 23.5 Å². The fraction of sp³-hybridized carbons (Fsp3) is 0.368. The van der Waals surface area contributed by atoms with Gasteiger partial charge in [-0.3, -0.25) is 0 Å². The van der Waals surface area contributed by atoms with E-state index >= 15 is 0 Å². The number of nitrogens with zero attached hydrogens (tertiary/aromatic N) is 1. The molecule has 2 aromatic rings. The summed E-state index contributed by atoms with van der Waals surface area (Å²) in [4.78, 5) is 2.48. The number of hydrogen-bond donors (Lipinski definition) is 1. The summed E-state index contributed by atoms with van der Waals surface area (Å²) in [7, 11) is 0. The van der Waals surface area contributed by atoms with E-state index in [0.717, 1.165) is 12.8 Å². The van der Waals surface area contributed by atoms with Crippen LogP contribution in [0.5, 0.6) is 0 Å². The highest BCUT2D eigenvalue weighted by atomic mass is 15.2. The highest BCUT2D eigenvalue weighted by molar-refractivity contribution is 5.71. The highest BCUT2D eigenvalue weighted by Crippen LogP contribution is 2.39. The van der Waals surface area contributed by atoms with E-state index in [4.69, 9.17) is 5.73 Å². The van der Waals surface area contributed by atoms with Gasteiger partial charge in [0.05, 0.1) is 0 Å². The lowest BCUT2D eigenvalue weighted by Gasteiger charge is -2.38. The Balaban J connectivity index is 2.12. The fourth-order valence-corrected chi connectivity index (χ4v) is 3.30. The second kappa shape index (κ2) is 5.90. The molecule has 2 nitrogen and oxygen atoms in total. The maximum atomic E-state index is 6.34. The van der Waals surface area contributed by atoms with E-state index in [9.17, 15) is 0 Å². The molecule has 21 heavy (non-hydrogen) atoms. The summed E-state index contributed by atoms with van der Waals surface area (Å²) in [5.74, 6) is 0. The van der Waals surface area contributed by atoms with Crippen LogP contribution >= 0.6 is 0 Å². The topological polar surface area (TPSA) is 29.3 Å². The molecule has 0 bridgehead atoms. The fourth-order valence-electron chi connectivity index (χ4n) is 3.30. The molecule has 2 N–H and O–H groups in total. The third-order valence-corrected chi connectivity index (χ3v) is 4.56. The van der Waals surface area contributed by atoms with Crippen LogP contribution in [0.4, 0.5) is 11.4 Å². The number of nitrogens with two attached hydrogens (primary N) is 1. The predicted octanol–water partition coefficient (Wildman–Crippen LogP) is 4.57. The summed E-state index contributed by atoms with van der Waals surface area (Å²) >= 11 is 0. The number of fused-ring (bicyclic) bond motifs is 1. The van der Waals surface area contributed by atoms with E-state index in [-0.39, 0.29) is 6.04 Å². The van der Waals surface area contributed by atoms with E-state index in [2.05, 4.69) is 67.3 Å². The molecule has 0 saturated carbocycles. The van der Waals surface area contributed by atoms with Crippen LogP contribution < -0.4 is 10.6 Å². The van der Waals surface area contributed by atoms with Crippen LogP contribution in [-0.4, -0.2) is 6.04 Å². The lowest BCUT2D eigenvalue weighted by molar-refractivity contribution is 0.610. The van der Waals surface area contributed by atoms with Gasteiger partial charge in [-0.05, 0) is 49.4 Å². The zero-order valence-electron chi connectivity index (χ0n) is 12.9. The Bertz CT molecular complexity index is 620. The van der Waals surface area contributed by atoms with E-state index < -0.39 is 0 Å². The molecule has 0 saturated heterocycles. The summed E-state index contributed by atoms with van der Waals surface area (Å²) < 4.78 is 0. The average Bonchev–Trinajstić information content (AvgIpc) is 2.54. The Morgan fingerprint density at radius 3 is 2.52 bits per heavy atom. The summed E-state index contributed by atoms with van der Waals surface area (Å²) in [5.41, 5.74) is 11.6. The SMILES string of the molecule is CC[C@H](N)c1ccccc1N1c2ccccc2CCC1C. The lowest BCUT2D eigenvalue weighted by atomic mass is 9.93. The van der Waals surface area contributed by atoms with Gasteiger partial charge in [0.2, 0.25) is 0 Å². The van der Waals surface area contributed by atoms with Crippen molar-refractivity contribution in [1.29, 1.82) is 0 Å². The van der Waals surface area contributed by atoms with Crippen LogP contribution in [0.25, 0.3) is 0 Å². The molecule has 0 aliphatic carbocycles. The predicted molar refractivity (Wildman–Crippen MR) is 90.0 cm³/mol. The van der Waals surface area contributed by atoms with Crippen molar-refractivity contribution in [2.24, 2.45) is 5.73 Å². The maximum absolute atomic E-state index is 6.34. The van der Waals surface area contributed by atoms with Gasteiger partial charge in [0.15, 0.2) is 0 Å². The first-order valence-corrected chi connectivity index (χ1v) is 7.94. The Hall–Kier alpha value is -1.80. The first-order chi connectivity index (χ1) is 10.2. The number of hydrogen-bond acceptors (Lipinski definition) is 2. The molecule has 2 aromatic carbocycles. The molecule has 1 aliphatic rings. The van der Waals surface area contributed by atoms with Crippen molar-refractivity contribution in [3.05, 3.63) is 59.7 Å². The van der Waals surface area contributed by atoms with Gasteiger partial charge in [0.25, 0.3) is 0 Å². The van der Waals surface area contributed by atoms with Crippen molar-refractivity contribution in [1.82, 2.24) is 0 Å². The van der Waals surface area contributed by atoms with Crippen molar-refractivity contribution in [2.45, 2.75) is 45.2 Å². The molecule has 0 aromatic heterocycles. The Morgan fingerprint density at radius 2 is 1.76 bits per heavy atom. The Labute approximate surface area is 127 Å². The molecular formula is C19H24N2. The minimum absolute atomic E-state index is 0.0995. The van der Waals surface area contributed by atoms with Gasteiger partial charge in [-0.25, -0.2) is 0 Å². The van der Waals surface area contributed by atoms with Crippen LogP contribution in [0.2, 0.25) is 0 Å². The maximum Gasteiger partial charge on any atom is 0.0461 e. The molecule has 2 atom stereocenters. The summed E-state index contributed by atoms with van der Waals surface area (Å²) in [6.07, 6.45) is 3.31. The molecule has 1 aliphatic heterocycles. The van der Waals surface area contributed by atoms with Crippen LogP contribution in [-0.2, 0) is 6.42 Å². The molecule has 2 heteroatoms. The van der Waals surface area contributed by atoms with E-state index in [1.807, 2.05) is 0 Å². The molecule has 0 radical (unpaired) electrons. The Kier molecular flexibility index (Phi) is 3.98. The first-order valence-electron chi connectivity index (χ1n) is 7.94. The van der Waals surface area contributed by atoms with E-state index in [1.165, 1.54) is 28.9 Å². The number of benzene rings is 2. The standard InChI is InChI=1S/C19H24N2/c1-3-17(20)16-9-5-7-11-19(16)21-14(2)12-13-15-8-4-6-10-18(15)21/h4-11,14,17H,3,12-13,20H2,1-2H3/t14?,17-/m0/s1. The normalized spacial score (nSPS) is 19.2. The van der Waals surface area contributed by atoms with E-state index in [1.54, 1.807) is 0 Å². The van der Waals surface area contributed by atoms with Crippen molar-refractivity contribution >= 4 is 11.4 Å². The van der Waals surface area contributed by atoms with Crippen molar-refractivity contribution in [3.8, 4) is 0 Å². The summed E-state index contributed by atoms with van der Waals surface area (Å²) in [6.45, 7) is 4.46. The molecule has 0 spiro atoms. The number of para-hydroxylation sites is 2. The van der Waals surface area contributed by atoms with Crippen molar-refractivity contribution in [3.63, 3.8) is 0 Å². The molecule has 110 valence electrons. The monoisotopic (exact) mass is 280 g/mol. The molecule has 0 amide bonds. The van der Waals surface area contributed by atoms with Crippen LogP contribution in [0.15, 0.2) is 48.5 Å². The van der Waals surface area contributed by atoms with Gasteiger partial charge >= 0.3 is 0 Å². The van der Waals surface area contributed by atoms with Gasteiger partial charge in [0.1, 0.15) is 0 Å². The van der Waals surface area contributed by atoms with Gasteiger partial charge in [-0.15, -0.1) is 0 Å². The molecule has 0 fully saturated rings. The second-order valence-corrected chi connectivity index (χ2v) is 5.96. The molecule has 1 heterocycles. The quantitative estimate of drug-likeness (QED) is 0.892. The minimum atomic E-state index is 0.0995. The van der Waals surface area contributed by atoms with Gasteiger partial charge < -0.3 is 10.6 Å². The summed E-state index contributed by atoms with van der Waals surface area (Å²) in [6, 6.07) is 17.9. The van der Waals surface area contributed by atoms with Crippen LogP contribution in [0.1, 0.15) is 43.9 Å². The summed E-state index contributed by atoms with van der Waals surface area (Å²) in [5, 5.41) is 0. The third kappa shape index (κ3) is 2.56. The zero-order valence-corrected chi connectivity index (χ0v) is 12.9. The van der Waals surface area contributed by atoms with Crippen molar-refractivity contribution in [2.75, 3.05) is 4.90 Å². The lowest BCUT2D eigenvalue weighted by Crippen LogP contribution is -2.34. The minimum Gasteiger partial charge on any atom is -0.338 e. The molecule has 1 unspecified atom stereocenters. The van der Waals surface area contributed by atoms with E-state index in [0.29, 0.717) is 6.04 Å². The number of rotatable bonds is 3.